The molecule has 1 aromatic rings. The Morgan fingerprint density at radius 2 is 2.09 bits per heavy atom. The second-order valence-electron chi connectivity index (χ2n) is 2.69. The molecule has 1 heteroatoms. The number of allylic oxidation sites excluding steroid dienone is 1. The van der Waals surface area contributed by atoms with Gasteiger partial charge in [-0.15, -0.1) is 0 Å². The molecule has 0 nitrogen and oxygen atoms in total. The van der Waals surface area contributed by atoms with Crippen LogP contribution in [0.25, 0.3) is 6.08 Å². The van der Waals surface area contributed by atoms with E-state index in [4.69, 9.17) is 0 Å². The average molecular weight is 209 g/mol. The second-order valence-corrected chi connectivity index (χ2v) is 4.65. The Hall–Kier alpha value is -0.521. The van der Waals surface area contributed by atoms with Crippen LogP contribution in [0.4, 0.5) is 0 Å². The Balaban J connectivity index is 2.39. The number of benzene rings is 1. The van der Waals surface area contributed by atoms with Crippen molar-refractivity contribution in [1.29, 1.82) is 0 Å². The van der Waals surface area contributed by atoms with Crippen molar-refractivity contribution in [3.8, 4) is 0 Å². The summed E-state index contributed by atoms with van der Waals surface area (Å²) in [5, 5.41) is 0. The van der Waals surface area contributed by atoms with E-state index in [1.807, 2.05) is 0 Å². The third-order valence-electron chi connectivity index (χ3n) is 2.00. The van der Waals surface area contributed by atoms with Crippen LogP contribution in [0.15, 0.2) is 28.7 Å². The van der Waals surface area contributed by atoms with E-state index in [9.17, 15) is 0 Å². The standard InChI is InChI=1S/C10H10Se/c1-11-10-6-8-4-2-3-5-9(8)7-10/h2-6H,7H2,1H3. The van der Waals surface area contributed by atoms with Crippen molar-refractivity contribution in [2.75, 3.05) is 0 Å². The predicted molar refractivity (Wildman–Crippen MR) is 49.7 cm³/mol. The molecule has 0 saturated carbocycles. The molecule has 0 N–H and O–H groups in total. The molecule has 0 bridgehead atoms. The van der Waals surface area contributed by atoms with Crippen molar-refractivity contribution in [3.05, 3.63) is 39.9 Å². The van der Waals surface area contributed by atoms with E-state index < -0.39 is 0 Å². The summed E-state index contributed by atoms with van der Waals surface area (Å²) in [6, 6.07) is 8.66. The van der Waals surface area contributed by atoms with Crippen LogP contribution in [0.2, 0.25) is 5.82 Å². The third kappa shape index (κ3) is 1.26. The summed E-state index contributed by atoms with van der Waals surface area (Å²) < 4.78 is 1.62. The molecule has 1 aliphatic carbocycles. The molecule has 0 saturated heterocycles. The SMILES string of the molecule is C[Se]C1=Cc2ccccc2C1. The third-order valence-corrected chi connectivity index (χ3v) is 3.65. The molecule has 0 atom stereocenters. The van der Waals surface area contributed by atoms with Crippen LogP contribution in [0.5, 0.6) is 0 Å². The normalized spacial score (nSPS) is 14.5. The van der Waals surface area contributed by atoms with Gasteiger partial charge in [0, 0.05) is 0 Å². The molecule has 0 fully saturated rings. The van der Waals surface area contributed by atoms with Crippen LogP contribution in [0.3, 0.4) is 0 Å². The van der Waals surface area contributed by atoms with Gasteiger partial charge in [-0.25, -0.2) is 0 Å². The molecular weight excluding hydrogens is 199 g/mol. The second kappa shape index (κ2) is 2.84. The van der Waals surface area contributed by atoms with E-state index in [0.717, 1.165) is 0 Å². The van der Waals surface area contributed by atoms with E-state index in [-0.39, 0.29) is 0 Å². The number of hydrogen-bond donors (Lipinski definition) is 0. The molecule has 0 amide bonds. The fourth-order valence-corrected chi connectivity index (χ4v) is 2.52. The van der Waals surface area contributed by atoms with Gasteiger partial charge in [0.25, 0.3) is 0 Å². The Morgan fingerprint density at radius 3 is 2.82 bits per heavy atom. The monoisotopic (exact) mass is 210 g/mol. The molecule has 0 spiro atoms. The maximum absolute atomic E-state index is 2.34. The van der Waals surface area contributed by atoms with Crippen LogP contribution in [0, 0.1) is 0 Å². The fourth-order valence-electron chi connectivity index (χ4n) is 1.38. The van der Waals surface area contributed by atoms with Gasteiger partial charge in [-0.3, -0.25) is 0 Å². The Kier molecular flexibility index (Phi) is 1.85. The Morgan fingerprint density at radius 1 is 1.27 bits per heavy atom. The molecule has 0 heterocycles. The van der Waals surface area contributed by atoms with Crippen molar-refractivity contribution in [2.45, 2.75) is 12.2 Å². The van der Waals surface area contributed by atoms with Crippen molar-refractivity contribution in [1.82, 2.24) is 0 Å². The molecule has 1 aliphatic rings. The van der Waals surface area contributed by atoms with Crippen LogP contribution in [0.1, 0.15) is 11.1 Å². The fraction of sp³-hybridized carbons (Fsp3) is 0.200. The molecule has 0 unspecified atom stereocenters. The minimum absolute atomic E-state index is 0.693. The summed E-state index contributed by atoms with van der Waals surface area (Å²) in [5.74, 6) is 2.28. The van der Waals surface area contributed by atoms with Crippen LogP contribution in [-0.4, -0.2) is 15.0 Å². The summed E-state index contributed by atoms with van der Waals surface area (Å²) in [6.07, 6.45) is 3.54. The molecule has 0 aliphatic heterocycles. The first kappa shape index (κ1) is 7.15. The van der Waals surface area contributed by atoms with Gasteiger partial charge in [-0.1, -0.05) is 0 Å². The zero-order valence-corrected chi connectivity index (χ0v) is 8.22. The molecule has 56 valence electrons. The summed E-state index contributed by atoms with van der Waals surface area (Å²) >= 11 is 0.693. The molecule has 0 aromatic heterocycles. The number of rotatable bonds is 1. The minimum atomic E-state index is 0.693. The number of fused-ring (bicyclic) bond motifs is 1. The van der Waals surface area contributed by atoms with E-state index in [2.05, 4.69) is 36.2 Å². The number of hydrogen-bond acceptors (Lipinski definition) is 0. The van der Waals surface area contributed by atoms with Crippen molar-refractivity contribution in [3.63, 3.8) is 0 Å². The summed E-state index contributed by atoms with van der Waals surface area (Å²) in [6.45, 7) is 0. The van der Waals surface area contributed by atoms with Gasteiger partial charge in [0.05, 0.1) is 0 Å². The molecular formula is C10H10Se. The maximum atomic E-state index is 2.34. The molecule has 1 aromatic carbocycles. The van der Waals surface area contributed by atoms with Crippen LogP contribution in [-0.2, 0) is 6.42 Å². The zero-order chi connectivity index (χ0) is 7.68. The van der Waals surface area contributed by atoms with Gasteiger partial charge >= 0.3 is 73.1 Å². The van der Waals surface area contributed by atoms with Gasteiger partial charge < -0.3 is 0 Å². The molecule has 11 heavy (non-hydrogen) atoms. The van der Waals surface area contributed by atoms with Crippen LogP contribution >= 0.6 is 0 Å². The average Bonchev–Trinajstić information content (AvgIpc) is 2.46. The quantitative estimate of drug-likeness (QED) is 0.623. The zero-order valence-electron chi connectivity index (χ0n) is 6.50. The first-order valence-corrected chi connectivity index (χ1v) is 6.29. The van der Waals surface area contributed by atoms with Gasteiger partial charge in [-0.2, -0.15) is 0 Å². The van der Waals surface area contributed by atoms with Gasteiger partial charge in [-0.05, 0) is 0 Å². The first-order chi connectivity index (χ1) is 5.40. The van der Waals surface area contributed by atoms with Gasteiger partial charge in [0.15, 0.2) is 0 Å². The predicted octanol–water partition coefficient (Wildman–Crippen LogP) is 2.34. The molecule has 0 radical (unpaired) electrons. The summed E-state index contributed by atoms with van der Waals surface area (Å²) in [7, 11) is 0. The Bertz CT molecular complexity index is 299. The van der Waals surface area contributed by atoms with E-state index >= 15 is 0 Å². The van der Waals surface area contributed by atoms with Crippen molar-refractivity contribution < 1.29 is 0 Å². The van der Waals surface area contributed by atoms with Crippen LogP contribution < -0.4 is 0 Å². The van der Waals surface area contributed by atoms with Crippen molar-refractivity contribution >= 4 is 21.0 Å². The topological polar surface area (TPSA) is 0 Å². The Labute approximate surface area is 73.5 Å². The first-order valence-electron chi connectivity index (χ1n) is 3.72. The van der Waals surface area contributed by atoms with Crippen molar-refractivity contribution in [2.24, 2.45) is 0 Å². The van der Waals surface area contributed by atoms with Gasteiger partial charge in [0.1, 0.15) is 0 Å². The van der Waals surface area contributed by atoms with Gasteiger partial charge in [0.2, 0.25) is 0 Å². The van der Waals surface area contributed by atoms with E-state index in [1.165, 1.54) is 17.5 Å². The summed E-state index contributed by atoms with van der Waals surface area (Å²) in [5.41, 5.74) is 2.94. The van der Waals surface area contributed by atoms with E-state index in [0.29, 0.717) is 15.0 Å². The van der Waals surface area contributed by atoms with E-state index in [1.54, 1.807) is 4.47 Å². The molecule has 2 rings (SSSR count). The summed E-state index contributed by atoms with van der Waals surface area (Å²) in [4.78, 5) is 0.